The summed E-state index contributed by atoms with van der Waals surface area (Å²) in [5.74, 6) is 1.57. The highest BCUT2D eigenvalue weighted by Gasteiger charge is 2.39. The number of ether oxygens (including phenoxy) is 1. The van der Waals surface area contributed by atoms with Crippen LogP contribution in [0.25, 0.3) is 0 Å². The number of thiazole rings is 1. The third kappa shape index (κ3) is 3.27. The van der Waals surface area contributed by atoms with Gasteiger partial charge in [0.1, 0.15) is 34.9 Å². The normalized spacial score (nSPS) is 19.5. The van der Waals surface area contributed by atoms with Gasteiger partial charge in [-0.3, -0.25) is 0 Å². The molecule has 9 heteroatoms. The van der Waals surface area contributed by atoms with Gasteiger partial charge >= 0.3 is 0 Å². The van der Waals surface area contributed by atoms with Crippen LogP contribution in [-0.2, 0) is 0 Å². The Morgan fingerprint density at radius 1 is 1.12 bits per heavy atom. The first-order chi connectivity index (χ1) is 16.6. The molecule has 0 fully saturated rings. The van der Waals surface area contributed by atoms with Crippen molar-refractivity contribution in [2.75, 3.05) is 5.01 Å². The van der Waals surface area contributed by atoms with E-state index in [0.29, 0.717) is 28.8 Å². The van der Waals surface area contributed by atoms with Crippen LogP contribution in [0.4, 0.5) is 5.13 Å². The first kappa shape index (κ1) is 20.3. The fraction of sp³-hybridized carbons (Fsp3) is 0.160. The van der Waals surface area contributed by atoms with E-state index >= 15 is 0 Å². The van der Waals surface area contributed by atoms with Gasteiger partial charge in [-0.2, -0.15) is 15.3 Å². The van der Waals surface area contributed by atoms with Crippen molar-refractivity contribution in [3.8, 4) is 11.9 Å². The molecule has 8 nitrogen and oxygen atoms in total. The predicted octanol–water partition coefficient (Wildman–Crippen LogP) is 5.21. The molecule has 2 aliphatic heterocycles. The fourth-order valence-corrected chi connectivity index (χ4v) is 5.40. The maximum absolute atomic E-state index is 9.86. The Labute approximate surface area is 199 Å². The Morgan fingerprint density at radius 2 is 1.91 bits per heavy atom. The quantitative estimate of drug-likeness (QED) is 0.436. The predicted molar refractivity (Wildman–Crippen MR) is 126 cm³/mol. The second-order valence-corrected chi connectivity index (χ2v) is 9.11. The highest BCUT2D eigenvalue weighted by atomic mass is 32.1. The van der Waals surface area contributed by atoms with Crippen molar-refractivity contribution in [2.24, 2.45) is 10.8 Å². The summed E-state index contributed by atoms with van der Waals surface area (Å²) in [4.78, 5) is 5.55. The number of hydrogen-bond acceptors (Lipinski definition) is 9. The third-order valence-electron chi connectivity index (χ3n) is 5.95. The van der Waals surface area contributed by atoms with Crippen molar-refractivity contribution in [3.63, 3.8) is 0 Å². The van der Waals surface area contributed by atoms with Gasteiger partial charge in [0.05, 0.1) is 23.3 Å². The molecule has 0 aliphatic carbocycles. The Morgan fingerprint density at radius 3 is 2.62 bits per heavy atom. The fourth-order valence-electron chi connectivity index (χ4n) is 4.27. The lowest BCUT2D eigenvalue weighted by molar-refractivity contribution is 0.382. The number of furan rings is 2. The summed E-state index contributed by atoms with van der Waals surface area (Å²) >= 11 is 1.43. The SMILES string of the molecule is Cc1ccc(C2C(C#N)=C(N)Oc3nc(N4N=C(c5ccco5)CC4c4ccco4)sc32)cc1. The van der Waals surface area contributed by atoms with E-state index in [9.17, 15) is 5.26 Å². The van der Waals surface area contributed by atoms with Crippen molar-refractivity contribution in [1.29, 1.82) is 5.26 Å². The summed E-state index contributed by atoms with van der Waals surface area (Å²) in [6.07, 6.45) is 3.87. The van der Waals surface area contributed by atoms with Crippen LogP contribution in [0.3, 0.4) is 0 Å². The molecule has 0 amide bonds. The zero-order chi connectivity index (χ0) is 23.2. The number of nitrogens with zero attached hydrogens (tertiary/aromatic N) is 4. The minimum atomic E-state index is -0.362. The molecule has 0 saturated heterocycles. The highest BCUT2D eigenvalue weighted by Crippen LogP contribution is 2.49. The molecule has 34 heavy (non-hydrogen) atoms. The molecule has 2 N–H and O–H groups in total. The average molecular weight is 470 g/mol. The highest BCUT2D eigenvalue weighted by molar-refractivity contribution is 7.16. The maximum atomic E-state index is 9.86. The number of nitrogens with two attached hydrogens (primary N) is 1. The van der Waals surface area contributed by atoms with Gasteiger partial charge in [-0.25, -0.2) is 5.01 Å². The Hall–Kier alpha value is -4.29. The van der Waals surface area contributed by atoms with Crippen LogP contribution in [0.5, 0.6) is 5.88 Å². The number of allylic oxidation sites excluding steroid dienone is 1. The van der Waals surface area contributed by atoms with E-state index in [1.165, 1.54) is 11.3 Å². The van der Waals surface area contributed by atoms with Gasteiger partial charge < -0.3 is 19.3 Å². The minimum Gasteiger partial charge on any atom is -0.467 e. The summed E-state index contributed by atoms with van der Waals surface area (Å²) in [5.41, 5.74) is 9.40. The molecule has 4 aromatic rings. The summed E-state index contributed by atoms with van der Waals surface area (Å²) in [5, 5.41) is 17.1. The monoisotopic (exact) mass is 469 g/mol. The van der Waals surface area contributed by atoms with Crippen molar-refractivity contribution in [2.45, 2.75) is 25.3 Å². The number of aryl methyl sites for hydroxylation is 1. The van der Waals surface area contributed by atoms with Crippen molar-refractivity contribution < 1.29 is 13.6 Å². The number of anilines is 1. The molecule has 0 saturated carbocycles. The van der Waals surface area contributed by atoms with E-state index in [0.717, 1.165) is 27.5 Å². The van der Waals surface area contributed by atoms with Gasteiger partial charge in [0.2, 0.25) is 16.9 Å². The summed E-state index contributed by atoms with van der Waals surface area (Å²) in [6.45, 7) is 2.02. The lowest BCUT2D eigenvalue weighted by Crippen LogP contribution is -2.20. The van der Waals surface area contributed by atoms with E-state index < -0.39 is 0 Å². The molecule has 1 aromatic carbocycles. The summed E-state index contributed by atoms with van der Waals surface area (Å²) in [6, 6.07) is 17.6. The number of fused-ring (bicyclic) bond motifs is 1. The van der Waals surface area contributed by atoms with Gasteiger partial charge in [0.15, 0.2) is 0 Å². The smallest absolute Gasteiger partial charge is 0.238 e. The first-order valence-electron chi connectivity index (χ1n) is 10.7. The largest absolute Gasteiger partial charge is 0.467 e. The molecule has 168 valence electrons. The zero-order valence-electron chi connectivity index (χ0n) is 18.1. The molecule has 2 aliphatic rings. The van der Waals surface area contributed by atoms with Crippen molar-refractivity contribution >= 4 is 22.2 Å². The molecule has 0 radical (unpaired) electrons. The lowest BCUT2D eigenvalue weighted by atomic mass is 9.89. The van der Waals surface area contributed by atoms with E-state index in [2.05, 4.69) is 6.07 Å². The number of benzene rings is 1. The van der Waals surface area contributed by atoms with Gasteiger partial charge in [0, 0.05) is 6.42 Å². The van der Waals surface area contributed by atoms with Crippen LogP contribution in [0.1, 0.15) is 45.9 Å². The van der Waals surface area contributed by atoms with Crippen LogP contribution in [0.2, 0.25) is 0 Å². The van der Waals surface area contributed by atoms with Crippen LogP contribution in [-0.4, -0.2) is 10.7 Å². The Balaban J connectivity index is 1.45. The minimum absolute atomic E-state index is 0.0706. The third-order valence-corrected chi connectivity index (χ3v) is 7.04. The molecule has 5 heterocycles. The average Bonchev–Trinajstić information content (AvgIpc) is 3.64. The molecule has 3 aromatic heterocycles. The van der Waals surface area contributed by atoms with Crippen molar-refractivity contribution in [1.82, 2.24) is 4.98 Å². The Kier molecular flexibility index (Phi) is 4.74. The Bertz CT molecular complexity index is 1440. The summed E-state index contributed by atoms with van der Waals surface area (Å²) in [7, 11) is 0. The van der Waals surface area contributed by atoms with Crippen LogP contribution in [0.15, 0.2) is 86.4 Å². The number of hydrogen-bond donors (Lipinski definition) is 1. The molecule has 2 atom stereocenters. The van der Waals surface area contributed by atoms with E-state index in [4.69, 9.17) is 29.4 Å². The van der Waals surface area contributed by atoms with Crippen LogP contribution < -0.4 is 15.5 Å². The molecule has 0 bridgehead atoms. The standard InChI is InChI=1S/C25H19N5O3S/c1-14-6-8-15(9-7-14)21-16(13-26)23(27)33-24-22(21)34-25(28-24)30-18(20-5-3-11-32-20)12-17(29-30)19-4-2-10-31-19/h2-11,18,21H,12,27H2,1H3. The first-order valence-corrected chi connectivity index (χ1v) is 11.5. The second-order valence-electron chi connectivity index (χ2n) is 8.11. The van der Waals surface area contributed by atoms with Gasteiger partial charge in [-0.05, 0) is 36.8 Å². The van der Waals surface area contributed by atoms with Crippen molar-refractivity contribution in [3.05, 3.63) is 100 Å². The topological polar surface area (TPSA) is 114 Å². The van der Waals surface area contributed by atoms with E-state index in [-0.39, 0.29) is 17.8 Å². The molecular formula is C25H19N5O3S. The van der Waals surface area contributed by atoms with E-state index in [1.54, 1.807) is 12.5 Å². The second kappa shape index (κ2) is 7.93. The molecule has 2 unspecified atom stereocenters. The van der Waals surface area contributed by atoms with Crippen LogP contribution in [0, 0.1) is 18.3 Å². The lowest BCUT2D eigenvalue weighted by Gasteiger charge is -2.22. The van der Waals surface area contributed by atoms with Gasteiger partial charge in [-0.15, -0.1) is 0 Å². The number of hydrazone groups is 1. The van der Waals surface area contributed by atoms with Gasteiger partial charge in [-0.1, -0.05) is 41.2 Å². The number of rotatable bonds is 4. The molecule has 6 rings (SSSR count). The molecular weight excluding hydrogens is 450 g/mol. The summed E-state index contributed by atoms with van der Waals surface area (Å²) < 4.78 is 17.1. The van der Waals surface area contributed by atoms with Gasteiger partial charge in [0.25, 0.3) is 0 Å². The maximum Gasteiger partial charge on any atom is 0.238 e. The number of nitriles is 1. The van der Waals surface area contributed by atoms with Crippen LogP contribution >= 0.6 is 11.3 Å². The molecule has 0 spiro atoms. The number of aromatic nitrogens is 1. The van der Waals surface area contributed by atoms with E-state index in [1.807, 2.05) is 60.5 Å². The zero-order valence-corrected chi connectivity index (χ0v) is 19.0.